The minimum atomic E-state index is -0.814. The van der Waals surface area contributed by atoms with Crippen molar-refractivity contribution in [2.24, 2.45) is 0 Å². The number of hydrogen-bond donors (Lipinski definition) is 2. The highest BCUT2D eigenvalue weighted by atomic mass is 35.5. The summed E-state index contributed by atoms with van der Waals surface area (Å²) >= 11 is 4.95. The van der Waals surface area contributed by atoms with Crippen molar-refractivity contribution >= 4 is 34.8 Å². The summed E-state index contributed by atoms with van der Waals surface area (Å²) in [5, 5.41) is 2.47. The SMILES string of the molecule is CCOc1cncc(N)n1.CCOc1cncc(NC(=O)Oc2ccccc2)n1.O=C(Cl)Oc1ccccc1. The van der Waals surface area contributed by atoms with E-state index in [1.54, 1.807) is 48.5 Å². The Hall–Kier alpha value is -4.97. The van der Waals surface area contributed by atoms with Gasteiger partial charge in [-0.15, -0.1) is 0 Å². The van der Waals surface area contributed by atoms with Gasteiger partial charge in [0.25, 0.3) is 0 Å². The zero-order valence-corrected chi connectivity index (χ0v) is 21.9. The first kappa shape index (κ1) is 30.3. The van der Waals surface area contributed by atoms with Gasteiger partial charge in [0.2, 0.25) is 11.8 Å². The summed E-state index contributed by atoms with van der Waals surface area (Å²) in [5.74, 6) is 2.39. The molecule has 204 valence electrons. The van der Waals surface area contributed by atoms with E-state index in [2.05, 4.69) is 30.0 Å². The Labute approximate surface area is 230 Å². The Balaban J connectivity index is 0.000000225. The molecule has 1 amide bonds. The minimum absolute atomic E-state index is 0.270. The minimum Gasteiger partial charge on any atom is -0.477 e. The second kappa shape index (κ2) is 17.5. The number of aromatic nitrogens is 4. The number of nitrogens with two attached hydrogens (primary N) is 1. The second-order valence-corrected chi connectivity index (χ2v) is 7.18. The number of nitrogens with one attached hydrogen (secondary N) is 1. The van der Waals surface area contributed by atoms with E-state index in [1.165, 1.54) is 24.8 Å². The summed E-state index contributed by atoms with van der Waals surface area (Å²) in [4.78, 5) is 37.4. The predicted molar refractivity (Wildman–Crippen MR) is 145 cm³/mol. The number of amides is 1. The Morgan fingerprint density at radius 1 is 0.769 bits per heavy atom. The highest BCUT2D eigenvalue weighted by Gasteiger charge is 2.07. The van der Waals surface area contributed by atoms with Crippen molar-refractivity contribution in [2.45, 2.75) is 13.8 Å². The molecule has 2 aromatic heterocycles. The summed E-state index contributed by atoms with van der Waals surface area (Å²) in [6.45, 7) is 4.78. The fourth-order valence-electron chi connectivity index (χ4n) is 2.51. The number of anilines is 2. The van der Waals surface area contributed by atoms with E-state index in [-0.39, 0.29) is 5.82 Å². The average molecular weight is 555 g/mol. The third kappa shape index (κ3) is 13.2. The monoisotopic (exact) mass is 554 g/mol. The summed E-state index contributed by atoms with van der Waals surface area (Å²) in [7, 11) is 0. The lowest BCUT2D eigenvalue weighted by molar-refractivity contribution is 0.215. The van der Waals surface area contributed by atoms with Crippen LogP contribution in [0, 0.1) is 0 Å². The van der Waals surface area contributed by atoms with Gasteiger partial charge in [-0.1, -0.05) is 36.4 Å². The van der Waals surface area contributed by atoms with Gasteiger partial charge < -0.3 is 24.7 Å². The molecular weight excluding hydrogens is 528 g/mol. The van der Waals surface area contributed by atoms with Crippen LogP contribution in [0.25, 0.3) is 0 Å². The Morgan fingerprint density at radius 2 is 1.28 bits per heavy atom. The molecule has 4 aromatic rings. The molecule has 0 saturated carbocycles. The number of nitrogen functional groups attached to an aromatic ring is 1. The number of para-hydroxylation sites is 2. The lowest BCUT2D eigenvalue weighted by Crippen LogP contribution is -2.17. The number of carbonyl (C=O) groups excluding carboxylic acids is 2. The topological polar surface area (TPSA) is 161 Å². The van der Waals surface area contributed by atoms with Crippen molar-refractivity contribution in [1.29, 1.82) is 0 Å². The van der Waals surface area contributed by atoms with Crippen LogP contribution in [0.15, 0.2) is 85.5 Å². The van der Waals surface area contributed by atoms with Gasteiger partial charge in [-0.3, -0.25) is 15.3 Å². The molecule has 0 unspecified atom stereocenters. The molecule has 0 atom stereocenters. The van der Waals surface area contributed by atoms with Crippen LogP contribution in [0.3, 0.4) is 0 Å². The van der Waals surface area contributed by atoms with Crippen LogP contribution in [0.4, 0.5) is 21.2 Å². The van der Waals surface area contributed by atoms with Crippen molar-refractivity contribution in [1.82, 2.24) is 19.9 Å². The zero-order chi connectivity index (χ0) is 28.3. The highest BCUT2D eigenvalue weighted by Crippen LogP contribution is 2.12. The van der Waals surface area contributed by atoms with Crippen molar-refractivity contribution in [3.8, 4) is 23.3 Å². The maximum Gasteiger partial charge on any atom is 0.418 e. The first-order valence-electron chi connectivity index (χ1n) is 11.5. The van der Waals surface area contributed by atoms with Gasteiger partial charge in [0, 0.05) is 11.6 Å². The molecule has 0 radical (unpaired) electrons. The lowest BCUT2D eigenvalue weighted by Gasteiger charge is -2.06. The summed E-state index contributed by atoms with van der Waals surface area (Å²) < 4.78 is 19.8. The van der Waals surface area contributed by atoms with E-state index in [0.717, 1.165) is 0 Å². The zero-order valence-electron chi connectivity index (χ0n) is 21.2. The quantitative estimate of drug-likeness (QED) is 0.282. The van der Waals surface area contributed by atoms with Crippen LogP contribution in [0.1, 0.15) is 13.8 Å². The van der Waals surface area contributed by atoms with Crippen LogP contribution in [0.2, 0.25) is 0 Å². The fraction of sp³-hybridized carbons (Fsp3) is 0.154. The lowest BCUT2D eigenvalue weighted by atomic mass is 10.3. The normalized spacial score (nSPS) is 9.41. The molecule has 0 aliphatic heterocycles. The summed E-state index contributed by atoms with van der Waals surface area (Å²) in [6, 6.07) is 17.4. The maximum atomic E-state index is 11.6. The van der Waals surface area contributed by atoms with Gasteiger partial charge >= 0.3 is 11.5 Å². The number of benzene rings is 2. The summed E-state index contributed by atoms with van der Waals surface area (Å²) in [6.07, 6.45) is 5.25. The molecule has 0 spiro atoms. The largest absolute Gasteiger partial charge is 0.477 e. The van der Waals surface area contributed by atoms with E-state index in [4.69, 9.17) is 31.5 Å². The van der Waals surface area contributed by atoms with E-state index >= 15 is 0 Å². The molecular formula is C26H27ClN6O6. The Morgan fingerprint density at radius 3 is 1.79 bits per heavy atom. The predicted octanol–water partition coefficient (Wildman–Crippen LogP) is 5.37. The van der Waals surface area contributed by atoms with Crippen molar-refractivity contribution in [3.05, 3.63) is 85.5 Å². The molecule has 0 fully saturated rings. The first-order chi connectivity index (χ1) is 18.9. The maximum absolute atomic E-state index is 11.6. The molecule has 2 aromatic carbocycles. The second-order valence-electron chi connectivity index (χ2n) is 6.87. The van der Waals surface area contributed by atoms with Crippen LogP contribution in [0.5, 0.6) is 23.3 Å². The first-order valence-corrected chi connectivity index (χ1v) is 11.9. The van der Waals surface area contributed by atoms with Gasteiger partial charge in [-0.25, -0.2) is 9.59 Å². The number of rotatable bonds is 7. The van der Waals surface area contributed by atoms with E-state index in [1.807, 2.05) is 26.0 Å². The molecule has 4 rings (SSSR count). The van der Waals surface area contributed by atoms with Crippen LogP contribution in [-0.2, 0) is 0 Å². The Kier molecular flexibility index (Phi) is 13.6. The molecule has 0 aliphatic rings. The van der Waals surface area contributed by atoms with Crippen LogP contribution < -0.4 is 30.0 Å². The standard InChI is InChI=1S/C13H13N3O3.C7H5ClO2.C6H9N3O/c1-2-18-12-9-14-8-11(15-12)16-13(17)19-10-6-4-3-5-7-10;8-7(9)10-6-4-2-1-3-5-6;1-2-10-6-4-8-3-5(7)9-6/h3-9H,2H2,1H3,(H,15,16,17);1-5H;3-4H,2H2,1H3,(H2,7,9). The molecule has 3 N–H and O–H groups in total. The molecule has 39 heavy (non-hydrogen) atoms. The third-order valence-corrected chi connectivity index (χ3v) is 4.03. The molecule has 12 nitrogen and oxygen atoms in total. The Bertz CT molecular complexity index is 1280. The van der Waals surface area contributed by atoms with Crippen molar-refractivity contribution < 1.29 is 28.5 Å². The van der Waals surface area contributed by atoms with E-state index < -0.39 is 11.5 Å². The molecule has 0 aliphatic carbocycles. The molecule has 0 bridgehead atoms. The number of nitrogens with zero attached hydrogens (tertiary/aromatic N) is 4. The van der Waals surface area contributed by atoms with E-state index in [9.17, 15) is 9.59 Å². The summed E-state index contributed by atoms with van der Waals surface area (Å²) in [5.41, 5.74) is 4.52. The van der Waals surface area contributed by atoms with Crippen molar-refractivity contribution in [3.63, 3.8) is 0 Å². The molecule has 13 heteroatoms. The van der Waals surface area contributed by atoms with Gasteiger partial charge in [-0.2, -0.15) is 9.97 Å². The van der Waals surface area contributed by atoms with Gasteiger partial charge in [-0.05, 0) is 38.1 Å². The highest BCUT2D eigenvalue weighted by molar-refractivity contribution is 6.61. The van der Waals surface area contributed by atoms with Crippen molar-refractivity contribution in [2.75, 3.05) is 24.3 Å². The molecule has 2 heterocycles. The van der Waals surface area contributed by atoms with Gasteiger partial charge in [0.15, 0.2) is 5.82 Å². The van der Waals surface area contributed by atoms with Crippen LogP contribution in [-0.4, -0.2) is 44.7 Å². The van der Waals surface area contributed by atoms with Gasteiger partial charge in [0.1, 0.15) is 17.3 Å². The average Bonchev–Trinajstić information content (AvgIpc) is 2.91. The number of halogens is 1. The number of ether oxygens (including phenoxy) is 4. The number of hydrogen-bond acceptors (Lipinski definition) is 11. The van der Waals surface area contributed by atoms with E-state index in [0.29, 0.717) is 42.3 Å². The van der Waals surface area contributed by atoms with Gasteiger partial charge in [0.05, 0.1) is 38.0 Å². The number of carbonyl (C=O) groups is 2. The smallest absolute Gasteiger partial charge is 0.418 e. The fourth-order valence-corrected chi connectivity index (χ4v) is 2.60. The molecule has 0 saturated heterocycles. The van der Waals surface area contributed by atoms with Crippen LogP contribution >= 0.6 is 11.6 Å². The third-order valence-electron chi connectivity index (χ3n) is 3.95.